The van der Waals surface area contributed by atoms with Crippen molar-refractivity contribution < 1.29 is 14.3 Å². The van der Waals surface area contributed by atoms with Crippen molar-refractivity contribution in [2.45, 2.75) is 32.7 Å². The molecule has 3 heterocycles. The van der Waals surface area contributed by atoms with E-state index >= 15 is 0 Å². The van der Waals surface area contributed by atoms with Crippen molar-refractivity contribution in [1.29, 1.82) is 0 Å². The number of allylic oxidation sites excluding steroid dienone is 2. The van der Waals surface area contributed by atoms with E-state index in [1.165, 1.54) is 6.33 Å². The third kappa shape index (κ3) is 2.15. The van der Waals surface area contributed by atoms with Crippen molar-refractivity contribution >= 4 is 11.7 Å². The molecule has 25 heavy (non-hydrogen) atoms. The van der Waals surface area contributed by atoms with Crippen LogP contribution < -0.4 is 14.8 Å². The van der Waals surface area contributed by atoms with Crippen LogP contribution in [-0.2, 0) is 4.79 Å². The first-order valence-electron chi connectivity index (χ1n) is 8.34. The monoisotopic (exact) mass is 338 g/mol. The molecule has 2 aliphatic heterocycles. The highest BCUT2D eigenvalue weighted by Crippen LogP contribution is 2.46. The molecular formula is C18H18N4O3. The van der Waals surface area contributed by atoms with Gasteiger partial charge in [0.1, 0.15) is 12.4 Å². The van der Waals surface area contributed by atoms with Crippen molar-refractivity contribution in [3.8, 4) is 11.5 Å². The Balaban J connectivity index is 1.68. The number of benzene rings is 1. The van der Waals surface area contributed by atoms with E-state index in [0.29, 0.717) is 18.1 Å². The lowest BCUT2D eigenvalue weighted by atomic mass is 9.73. The largest absolute Gasteiger partial charge is 0.454 e. The Kier molecular flexibility index (Phi) is 2.81. The van der Waals surface area contributed by atoms with E-state index in [0.717, 1.165) is 29.0 Å². The Hall–Kier alpha value is -2.83. The number of aromatic nitrogens is 3. The summed E-state index contributed by atoms with van der Waals surface area (Å²) in [4.78, 5) is 17.3. The summed E-state index contributed by atoms with van der Waals surface area (Å²) in [5.41, 5.74) is 2.60. The number of ketones is 1. The smallest absolute Gasteiger partial charge is 0.231 e. The lowest BCUT2D eigenvalue weighted by Gasteiger charge is -2.38. The number of hydrogen-bond donors (Lipinski definition) is 1. The van der Waals surface area contributed by atoms with Crippen LogP contribution in [0.4, 0.5) is 5.95 Å². The summed E-state index contributed by atoms with van der Waals surface area (Å²) in [6.45, 7) is 4.46. The fourth-order valence-corrected chi connectivity index (χ4v) is 3.94. The molecule has 0 bridgehead atoms. The second-order valence-electron chi connectivity index (χ2n) is 7.50. The molecule has 1 aromatic heterocycles. The van der Waals surface area contributed by atoms with Gasteiger partial charge < -0.3 is 14.8 Å². The molecule has 0 saturated carbocycles. The second-order valence-corrected chi connectivity index (χ2v) is 7.50. The SMILES string of the molecule is CC1(C)CC(=O)C2=C(C1)Nc1ncnn1C2c1ccc2c(c1)OCO2. The summed E-state index contributed by atoms with van der Waals surface area (Å²) in [5, 5.41) is 7.66. The van der Waals surface area contributed by atoms with Gasteiger partial charge >= 0.3 is 0 Å². The number of fused-ring (bicyclic) bond motifs is 2. The van der Waals surface area contributed by atoms with E-state index in [9.17, 15) is 4.79 Å². The maximum absolute atomic E-state index is 13.0. The number of nitrogens with zero attached hydrogens (tertiary/aromatic N) is 3. The highest BCUT2D eigenvalue weighted by atomic mass is 16.7. The third-order valence-corrected chi connectivity index (χ3v) is 4.99. The third-order valence-electron chi connectivity index (χ3n) is 4.99. The molecule has 0 fully saturated rings. The van der Waals surface area contributed by atoms with E-state index in [1.54, 1.807) is 4.68 Å². The van der Waals surface area contributed by atoms with Crippen LogP contribution in [0.3, 0.4) is 0 Å². The van der Waals surface area contributed by atoms with E-state index in [2.05, 4.69) is 29.2 Å². The standard InChI is InChI=1S/C18H18N4O3/c1-18(2)6-11-15(12(23)7-18)16(22-17(21-11)19-8-20-22)10-3-4-13-14(5-10)25-9-24-13/h3-5,8,16H,6-7,9H2,1-2H3,(H,19,20,21). The van der Waals surface area contributed by atoms with Crippen molar-refractivity contribution in [2.75, 3.05) is 12.1 Å². The molecule has 7 heteroatoms. The predicted molar refractivity (Wildman–Crippen MR) is 89.4 cm³/mol. The van der Waals surface area contributed by atoms with E-state index in [-0.39, 0.29) is 24.0 Å². The summed E-state index contributed by atoms with van der Waals surface area (Å²) < 4.78 is 12.7. The summed E-state index contributed by atoms with van der Waals surface area (Å²) in [6.07, 6.45) is 2.84. The zero-order valence-electron chi connectivity index (χ0n) is 14.1. The summed E-state index contributed by atoms with van der Waals surface area (Å²) >= 11 is 0. The van der Waals surface area contributed by atoms with Crippen molar-refractivity contribution in [3.05, 3.63) is 41.4 Å². The molecule has 2 aromatic rings. The van der Waals surface area contributed by atoms with Crippen molar-refractivity contribution in [3.63, 3.8) is 0 Å². The Morgan fingerprint density at radius 2 is 2.08 bits per heavy atom. The van der Waals surface area contributed by atoms with Gasteiger partial charge in [-0.1, -0.05) is 19.9 Å². The average molecular weight is 338 g/mol. The van der Waals surface area contributed by atoms with E-state index < -0.39 is 0 Å². The van der Waals surface area contributed by atoms with Crippen LogP contribution in [0.1, 0.15) is 38.3 Å². The maximum Gasteiger partial charge on any atom is 0.231 e. The van der Waals surface area contributed by atoms with Crippen LogP contribution >= 0.6 is 0 Å². The lowest BCUT2D eigenvalue weighted by molar-refractivity contribution is -0.118. The highest BCUT2D eigenvalue weighted by Gasteiger charge is 2.41. The number of nitrogens with one attached hydrogen (secondary N) is 1. The second kappa shape index (κ2) is 4.84. The van der Waals surface area contributed by atoms with Crippen molar-refractivity contribution in [1.82, 2.24) is 14.8 Å². The topological polar surface area (TPSA) is 78.3 Å². The summed E-state index contributed by atoms with van der Waals surface area (Å²) in [7, 11) is 0. The zero-order chi connectivity index (χ0) is 17.2. The molecule has 1 unspecified atom stereocenters. The van der Waals surface area contributed by atoms with Gasteiger partial charge in [-0.05, 0) is 29.5 Å². The van der Waals surface area contributed by atoms with E-state index in [4.69, 9.17) is 9.47 Å². The first-order chi connectivity index (χ1) is 12.0. The van der Waals surface area contributed by atoms with Crippen LogP contribution in [0.15, 0.2) is 35.8 Å². The van der Waals surface area contributed by atoms with Gasteiger partial charge in [0.25, 0.3) is 0 Å². The number of hydrogen-bond acceptors (Lipinski definition) is 6. The van der Waals surface area contributed by atoms with Gasteiger partial charge in [-0.2, -0.15) is 10.1 Å². The number of Topliss-reactive ketones (excluding diaryl/α,β-unsaturated/α-hetero) is 1. The van der Waals surface area contributed by atoms with E-state index in [1.807, 2.05) is 18.2 Å². The molecule has 1 N–H and O–H groups in total. The number of ether oxygens (including phenoxy) is 2. The van der Waals surface area contributed by atoms with Gasteiger partial charge in [0, 0.05) is 17.7 Å². The van der Waals surface area contributed by atoms with Crippen LogP contribution in [0.25, 0.3) is 0 Å². The predicted octanol–water partition coefficient (Wildman–Crippen LogP) is 2.66. The maximum atomic E-state index is 13.0. The Labute approximate surface area is 144 Å². The molecule has 1 aliphatic carbocycles. The van der Waals surface area contributed by atoms with Gasteiger partial charge in [-0.3, -0.25) is 4.79 Å². The zero-order valence-corrected chi connectivity index (χ0v) is 14.1. The van der Waals surface area contributed by atoms with Crippen LogP contribution in [-0.4, -0.2) is 27.3 Å². The number of carbonyl (C=O) groups excluding carboxylic acids is 1. The van der Waals surface area contributed by atoms with Crippen LogP contribution in [0.5, 0.6) is 11.5 Å². The number of rotatable bonds is 1. The minimum absolute atomic E-state index is 0.0649. The summed E-state index contributed by atoms with van der Waals surface area (Å²) in [6, 6.07) is 5.48. The molecule has 5 rings (SSSR count). The van der Waals surface area contributed by atoms with Crippen LogP contribution in [0, 0.1) is 5.41 Å². The molecule has 0 saturated heterocycles. The molecule has 1 atom stereocenters. The highest BCUT2D eigenvalue weighted by molar-refractivity contribution is 6.00. The fraction of sp³-hybridized carbons (Fsp3) is 0.389. The first kappa shape index (κ1) is 14.5. The molecular weight excluding hydrogens is 320 g/mol. The quantitative estimate of drug-likeness (QED) is 0.861. The Morgan fingerprint density at radius 1 is 1.24 bits per heavy atom. The molecule has 128 valence electrons. The fourth-order valence-electron chi connectivity index (χ4n) is 3.94. The van der Waals surface area contributed by atoms with Crippen LogP contribution in [0.2, 0.25) is 0 Å². The lowest BCUT2D eigenvalue weighted by Crippen LogP contribution is -2.36. The van der Waals surface area contributed by atoms with Gasteiger partial charge in [-0.25, -0.2) is 4.68 Å². The molecule has 1 aromatic carbocycles. The normalized spacial score (nSPS) is 23.1. The van der Waals surface area contributed by atoms with Gasteiger partial charge in [-0.15, -0.1) is 0 Å². The summed E-state index contributed by atoms with van der Waals surface area (Å²) in [5.74, 6) is 2.24. The molecule has 0 radical (unpaired) electrons. The average Bonchev–Trinajstić information content (AvgIpc) is 3.19. The minimum atomic E-state index is -0.299. The Bertz CT molecular complexity index is 928. The molecule has 7 nitrogen and oxygen atoms in total. The molecule has 0 amide bonds. The first-order valence-corrected chi connectivity index (χ1v) is 8.34. The molecule has 0 spiro atoms. The van der Waals surface area contributed by atoms with Gasteiger partial charge in [0.2, 0.25) is 12.7 Å². The van der Waals surface area contributed by atoms with Gasteiger partial charge in [0.15, 0.2) is 17.3 Å². The number of anilines is 1. The van der Waals surface area contributed by atoms with Crippen molar-refractivity contribution in [2.24, 2.45) is 5.41 Å². The minimum Gasteiger partial charge on any atom is -0.454 e. The van der Waals surface area contributed by atoms with Gasteiger partial charge in [0.05, 0.1) is 0 Å². The Morgan fingerprint density at radius 3 is 2.96 bits per heavy atom. The molecule has 3 aliphatic rings. The number of carbonyl (C=O) groups is 1.